The van der Waals surface area contributed by atoms with Crippen LogP contribution in [-0.4, -0.2) is 18.3 Å². The second-order valence-electron chi connectivity index (χ2n) is 6.19. The highest BCUT2D eigenvalue weighted by Gasteiger charge is 2.16. The van der Waals surface area contributed by atoms with Gasteiger partial charge >= 0.3 is 5.97 Å². The first-order chi connectivity index (χ1) is 14.5. The summed E-state index contributed by atoms with van der Waals surface area (Å²) < 4.78 is 11.3. The van der Waals surface area contributed by atoms with E-state index in [0.29, 0.717) is 40.6 Å². The molecular weight excluding hydrogens is 384 g/mol. The van der Waals surface area contributed by atoms with Crippen LogP contribution >= 0.6 is 0 Å². The van der Waals surface area contributed by atoms with Crippen LogP contribution in [0.2, 0.25) is 0 Å². The number of nitrogens with two attached hydrogens (primary N) is 1. The first-order valence-electron chi connectivity index (χ1n) is 9.02. The van der Waals surface area contributed by atoms with Gasteiger partial charge in [0.05, 0.1) is 12.1 Å². The van der Waals surface area contributed by atoms with Crippen molar-refractivity contribution in [1.82, 2.24) is 0 Å². The summed E-state index contributed by atoms with van der Waals surface area (Å²) in [6.45, 7) is 0. The Morgan fingerprint density at radius 1 is 1.00 bits per heavy atom. The van der Waals surface area contributed by atoms with Crippen molar-refractivity contribution in [3.05, 3.63) is 78.4 Å². The molecule has 0 aromatic heterocycles. The molecule has 0 radical (unpaired) electrons. The Morgan fingerprint density at radius 3 is 2.47 bits per heavy atom. The van der Waals surface area contributed by atoms with Crippen molar-refractivity contribution in [1.29, 1.82) is 5.41 Å². The number of anilines is 2. The van der Waals surface area contributed by atoms with E-state index in [1.54, 1.807) is 54.6 Å². The number of ether oxygens (including phenoxy) is 2. The molecule has 0 fully saturated rings. The predicted molar refractivity (Wildman–Crippen MR) is 114 cm³/mol. The minimum atomic E-state index is -0.517. The number of benzene rings is 3. The summed E-state index contributed by atoms with van der Waals surface area (Å²) in [5, 5.41) is 12.5. The molecule has 3 aromatic carbocycles. The minimum absolute atomic E-state index is 0.0824. The highest BCUT2D eigenvalue weighted by Crippen LogP contribution is 2.33. The van der Waals surface area contributed by atoms with Crippen molar-refractivity contribution in [3.8, 4) is 17.2 Å². The topological polar surface area (TPSA) is 127 Å². The number of amides is 1. The summed E-state index contributed by atoms with van der Waals surface area (Å²) in [4.78, 5) is 23.5. The lowest BCUT2D eigenvalue weighted by Crippen LogP contribution is -2.20. The summed E-state index contributed by atoms with van der Waals surface area (Å²) >= 11 is 0. The third-order valence-electron chi connectivity index (χ3n) is 3.95. The Bertz CT molecular complexity index is 1050. The average molecular weight is 404 g/mol. The molecule has 1 amide bonds. The zero-order valence-electron chi connectivity index (χ0n) is 15.9. The highest BCUT2D eigenvalue weighted by atomic mass is 16.5. The van der Waals surface area contributed by atoms with E-state index in [2.05, 4.69) is 10.6 Å². The number of carbonyl (C=O) groups is 2. The van der Waals surface area contributed by atoms with Gasteiger partial charge in [0, 0.05) is 17.3 Å². The van der Waals surface area contributed by atoms with Crippen LogP contribution in [0.15, 0.2) is 72.8 Å². The first kappa shape index (κ1) is 20.4. The number of para-hydroxylation sites is 2. The molecule has 8 nitrogen and oxygen atoms in total. The van der Waals surface area contributed by atoms with Gasteiger partial charge in [0.2, 0.25) is 6.41 Å². The fraction of sp³-hybridized carbons (Fsp3) is 0.0455. The zero-order valence-corrected chi connectivity index (χ0v) is 15.9. The van der Waals surface area contributed by atoms with Crippen LogP contribution in [0.1, 0.15) is 5.56 Å². The number of esters is 1. The summed E-state index contributed by atoms with van der Waals surface area (Å²) in [7, 11) is 0. The quantitative estimate of drug-likeness (QED) is 0.150. The Kier molecular flexibility index (Phi) is 6.63. The molecule has 8 heteroatoms. The van der Waals surface area contributed by atoms with Crippen molar-refractivity contribution in [2.45, 2.75) is 6.42 Å². The monoisotopic (exact) mass is 404 g/mol. The Balaban J connectivity index is 1.80. The number of nitrogens with one attached hydrogen (secondary N) is 3. The first-order valence-corrected chi connectivity index (χ1v) is 9.02. The lowest BCUT2D eigenvalue weighted by Gasteiger charge is -2.15. The van der Waals surface area contributed by atoms with Gasteiger partial charge < -0.3 is 25.8 Å². The van der Waals surface area contributed by atoms with E-state index in [1.165, 1.54) is 0 Å². The molecule has 0 saturated heterocycles. The minimum Gasteiger partial charge on any atom is -0.455 e. The third-order valence-corrected chi connectivity index (χ3v) is 3.95. The molecule has 0 aliphatic rings. The van der Waals surface area contributed by atoms with Crippen LogP contribution in [-0.2, 0) is 16.0 Å². The summed E-state index contributed by atoms with van der Waals surface area (Å²) in [6, 6.07) is 20.7. The van der Waals surface area contributed by atoms with Gasteiger partial charge in [-0.3, -0.25) is 15.0 Å². The molecule has 0 bridgehead atoms. The molecule has 0 spiro atoms. The molecule has 5 N–H and O–H groups in total. The predicted octanol–water partition coefficient (Wildman–Crippen LogP) is 3.50. The van der Waals surface area contributed by atoms with E-state index < -0.39 is 5.97 Å². The molecular formula is C22H20N4O4. The molecule has 0 aliphatic heterocycles. The summed E-state index contributed by atoms with van der Waals surface area (Å²) in [5.74, 6) is 0.491. The fourth-order valence-corrected chi connectivity index (χ4v) is 2.74. The Morgan fingerprint density at radius 2 is 1.73 bits per heavy atom. The van der Waals surface area contributed by atoms with Crippen LogP contribution in [0, 0.1) is 5.41 Å². The molecule has 3 rings (SSSR count). The van der Waals surface area contributed by atoms with Crippen molar-refractivity contribution < 1.29 is 19.1 Å². The van der Waals surface area contributed by atoms with Crippen molar-refractivity contribution in [3.63, 3.8) is 0 Å². The van der Waals surface area contributed by atoms with E-state index in [1.807, 2.05) is 18.2 Å². The number of rotatable bonds is 8. The molecule has 3 aromatic rings. The van der Waals surface area contributed by atoms with Crippen LogP contribution < -0.4 is 25.8 Å². The van der Waals surface area contributed by atoms with Crippen molar-refractivity contribution >= 4 is 29.7 Å². The van der Waals surface area contributed by atoms with Crippen LogP contribution in [0.3, 0.4) is 0 Å². The standard InChI is InChI=1S/C22H20N4O4/c23-22(24)26-16-7-5-10-18(13-16)29-20(28)12-15-6-4-11-19(25-14-27)21(15)30-17-8-2-1-3-9-17/h1-11,13-14H,12H2,(H,25,27)(H4,23,24,26). The van der Waals surface area contributed by atoms with Crippen LogP contribution in [0.5, 0.6) is 17.2 Å². The summed E-state index contributed by atoms with van der Waals surface area (Å²) in [6.07, 6.45) is 0.462. The number of guanidine groups is 1. The van der Waals surface area contributed by atoms with Gasteiger partial charge in [-0.2, -0.15) is 0 Å². The van der Waals surface area contributed by atoms with E-state index in [4.69, 9.17) is 20.6 Å². The van der Waals surface area contributed by atoms with E-state index in [-0.39, 0.29) is 12.4 Å². The van der Waals surface area contributed by atoms with E-state index in [9.17, 15) is 9.59 Å². The maximum atomic E-state index is 12.5. The second-order valence-corrected chi connectivity index (χ2v) is 6.19. The van der Waals surface area contributed by atoms with Crippen LogP contribution in [0.4, 0.5) is 11.4 Å². The molecule has 0 atom stereocenters. The molecule has 30 heavy (non-hydrogen) atoms. The zero-order chi connectivity index (χ0) is 21.3. The molecule has 152 valence electrons. The number of carbonyl (C=O) groups excluding carboxylic acids is 2. The van der Waals surface area contributed by atoms with E-state index in [0.717, 1.165) is 0 Å². The van der Waals surface area contributed by atoms with Crippen LogP contribution in [0.25, 0.3) is 0 Å². The van der Waals surface area contributed by atoms with Gasteiger partial charge in [0.15, 0.2) is 11.7 Å². The third kappa shape index (κ3) is 5.59. The molecule has 0 heterocycles. The normalized spacial score (nSPS) is 10.0. The van der Waals surface area contributed by atoms with Crippen molar-refractivity contribution in [2.75, 3.05) is 10.6 Å². The lowest BCUT2D eigenvalue weighted by molar-refractivity contribution is -0.133. The lowest BCUT2D eigenvalue weighted by atomic mass is 10.1. The Hall–Kier alpha value is -4.33. The van der Waals surface area contributed by atoms with Gasteiger partial charge in [-0.15, -0.1) is 0 Å². The fourth-order valence-electron chi connectivity index (χ4n) is 2.74. The smallest absolute Gasteiger partial charge is 0.315 e. The highest BCUT2D eigenvalue weighted by molar-refractivity contribution is 5.90. The van der Waals surface area contributed by atoms with Gasteiger partial charge in [-0.05, 0) is 30.3 Å². The van der Waals surface area contributed by atoms with Gasteiger partial charge in [0.1, 0.15) is 11.5 Å². The van der Waals surface area contributed by atoms with Crippen molar-refractivity contribution in [2.24, 2.45) is 5.73 Å². The SMILES string of the molecule is N=C(N)Nc1cccc(OC(=O)Cc2cccc(NC=O)c2Oc2ccccc2)c1. The molecule has 0 saturated carbocycles. The number of hydrogen-bond acceptors (Lipinski definition) is 5. The molecule has 0 unspecified atom stereocenters. The van der Waals surface area contributed by atoms with Gasteiger partial charge in [-0.25, -0.2) is 0 Å². The summed E-state index contributed by atoms with van der Waals surface area (Å²) in [5.41, 5.74) is 6.83. The largest absolute Gasteiger partial charge is 0.455 e. The maximum Gasteiger partial charge on any atom is 0.315 e. The van der Waals surface area contributed by atoms with E-state index >= 15 is 0 Å². The average Bonchev–Trinajstić information content (AvgIpc) is 2.71. The number of hydrogen-bond donors (Lipinski definition) is 4. The van der Waals surface area contributed by atoms with Gasteiger partial charge in [-0.1, -0.05) is 36.4 Å². The maximum absolute atomic E-state index is 12.5. The molecule has 0 aliphatic carbocycles. The van der Waals surface area contributed by atoms with Gasteiger partial charge in [0.25, 0.3) is 0 Å². The Labute approximate surface area is 173 Å². The second kappa shape index (κ2) is 9.74.